The minimum absolute atomic E-state index is 0.228. The van der Waals surface area contributed by atoms with Crippen LogP contribution in [0.25, 0.3) is 11.0 Å². The van der Waals surface area contributed by atoms with Crippen LogP contribution in [0.1, 0.15) is 27.4 Å². The lowest BCUT2D eigenvalue weighted by atomic mass is 10.1. The lowest BCUT2D eigenvalue weighted by Crippen LogP contribution is -2.23. The van der Waals surface area contributed by atoms with Crippen LogP contribution in [0.5, 0.6) is 0 Å². The van der Waals surface area contributed by atoms with Crippen LogP contribution >= 0.6 is 23.1 Å². The number of benzene rings is 1. The largest absolute Gasteiger partial charge is 0.451 e. The van der Waals surface area contributed by atoms with E-state index >= 15 is 0 Å². The van der Waals surface area contributed by atoms with Crippen LogP contribution in [0.15, 0.2) is 56.7 Å². The van der Waals surface area contributed by atoms with Crippen molar-refractivity contribution in [2.75, 3.05) is 19.0 Å². The van der Waals surface area contributed by atoms with Crippen molar-refractivity contribution in [3.05, 3.63) is 70.6 Å². The van der Waals surface area contributed by atoms with Crippen LogP contribution in [0.2, 0.25) is 0 Å². The van der Waals surface area contributed by atoms with Crippen molar-refractivity contribution >= 4 is 45.8 Å². The number of nitrogens with zero attached hydrogens (tertiary/aromatic N) is 3. The third kappa shape index (κ3) is 4.49. The number of aromatic nitrogens is 2. The molecule has 0 atom stereocenters. The molecule has 1 amide bonds. The quantitative estimate of drug-likeness (QED) is 0.415. The summed E-state index contributed by atoms with van der Waals surface area (Å²) in [4.78, 5) is 23.8. The number of rotatable bonds is 7. The van der Waals surface area contributed by atoms with Crippen molar-refractivity contribution in [3.63, 3.8) is 0 Å². The number of thiazole rings is 1. The standard InChI is InChI=1S/C22H22N4O2S2/c1-14-12-29-22(25-14)30-13-17-16-6-4-5-7-18(16)28-20(17)21(27)24-11-15-8-9-19(23-10-15)26(2)3/h4-10,12H,11,13H2,1-3H3,(H,24,27). The summed E-state index contributed by atoms with van der Waals surface area (Å²) >= 11 is 3.23. The zero-order chi connectivity index (χ0) is 21.1. The second-order valence-corrected chi connectivity index (χ2v) is 9.13. The molecule has 0 fully saturated rings. The van der Waals surface area contributed by atoms with Crippen LogP contribution < -0.4 is 10.2 Å². The van der Waals surface area contributed by atoms with Crippen molar-refractivity contribution in [1.29, 1.82) is 0 Å². The highest BCUT2D eigenvalue weighted by Crippen LogP contribution is 2.33. The summed E-state index contributed by atoms with van der Waals surface area (Å²) in [6, 6.07) is 11.6. The van der Waals surface area contributed by atoms with Gasteiger partial charge in [-0.25, -0.2) is 9.97 Å². The summed E-state index contributed by atoms with van der Waals surface area (Å²) in [5, 5.41) is 5.94. The van der Waals surface area contributed by atoms with Gasteiger partial charge in [0, 0.05) is 54.6 Å². The molecule has 0 aliphatic carbocycles. The Kier molecular flexibility index (Phi) is 6.06. The van der Waals surface area contributed by atoms with E-state index in [1.165, 1.54) is 0 Å². The Hall–Kier alpha value is -2.84. The lowest BCUT2D eigenvalue weighted by Gasteiger charge is -2.11. The van der Waals surface area contributed by atoms with Gasteiger partial charge in [0.25, 0.3) is 5.91 Å². The molecule has 1 aromatic carbocycles. The monoisotopic (exact) mass is 438 g/mol. The number of amides is 1. The van der Waals surface area contributed by atoms with Gasteiger partial charge < -0.3 is 14.6 Å². The summed E-state index contributed by atoms with van der Waals surface area (Å²) < 4.78 is 6.91. The fraction of sp³-hybridized carbons (Fsp3) is 0.227. The van der Waals surface area contributed by atoms with Crippen molar-refractivity contribution in [2.45, 2.75) is 23.6 Å². The lowest BCUT2D eigenvalue weighted by molar-refractivity contribution is 0.0924. The number of hydrogen-bond donors (Lipinski definition) is 1. The highest BCUT2D eigenvalue weighted by Gasteiger charge is 2.21. The van der Waals surface area contributed by atoms with Crippen LogP contribution in [-0.4, -0.2) is 30.0 Å². The Balaban J connectivity index is 1.52. The zero-order valence-corrected chi connectivity index (χ0v) is 18.6. The third-order valence-corrected chi connectivity index (χ3v) is 6.73. The van der Waals surface area contributed by atoms with Gasteiger partial charge in [0.05, 0.1) is 0 Å². The maximum atomic E-state index is 12.9. The summed E-state index contributed by atoms with van der Waals surface area (Å²) in [6.07, 6.45) is 1.77. The molecule has 8 heteroatoms. The molecule has 0 saturated heterocycles. The number of carbonyl (C=O) groups is 1. The van der Waals surface area contributed by atoms with Crippen LogP contribution in [0, 0.1) is 6.92 Å². The van der Waals surface area contributed by atoms with Crippen molar-refractivity contribution in [2.24, 2.45) is 0 Å². The first-order chi connectivity index (χ1) is 14.5. The minimum Gasteiger partial charge on any atom is -0.451 e. The van der Waals surface area contributed by atoms with E-state index in [9.17, 15) is 4.79 Å². The molecule has 0 unspecified atom stereocenters. The average Bonchev–Trinajstić information content (AvgIpc) is 3.34. The second-order valence-electron chi connectivity index (χ2n) is 7.05. The van der Waals surface area contributed by atoms with Gasteiger partial charge in [-0.3, -0.25) is 4.79 Å². The van der Waals surface area contributed by atoms with Gasteiger partial charge in [0.2, 0.25) is 0 Å². The van der Waals surface area contributed by atoms with Crippen molar-refractivity contribution in [1.82, 2.24) is 15.3 Å². The maximum Gasteiger partial charge on any atom is 0.287 e. The van der Waals surface area contributed by atoms with E-state index in [0.29, 0.717) is 23.6 Å². The predicted octanol–water partition coefficient (Wildman–Crippen LogP) is 4.88. The summed E-state index contributed by atoms with van der Waals surface area (Å²) in [5.74, 6) is 1.62. The smallest absolute Gasteiger partial charge is 0.287 e. The number of pyridine rings is 1. The molecule has 6 nitrogen and oxygen atoms in total. The van der Waals surface area contributed by atoms with Gasteiger partial charge in [0.15, 0.2) is 5.76 Å². The Morgan fingerprint density at radius 3 is 2.77 bits per heavy atom. The van der Waals surface area contributed by atoms with E-state index in [4.69, 9.17) is 4.42 Å². The molecule has 3 heterocycles. The topological polar surface area (TPSA) is 71.3 Å². The number of hydrogen-bond acceptors (Lipinski definition) is 7. The Bertz CT molecular complexity index is 1170. The predicted molar refractivity (Wildman–Crippen MR) is 122 cm³/mol. The van der Waals surface area contributed by atoms with Gasteiger partial charge in [-0.15, -0.1) is 11.3 Å². The Morgan fingerprint density at radius 1 is 1.23 bits per heavy atom. The van der Waals surface area contributed by atoms with Gasteiger partial charge in [-0.05, 0) is 24.6 Å². The molecule has 4 rings (SSSR count). The number of carbonyl (C=O) groups excluding carboxylic acids is 1. The molecule has 0 bridgehead atoms. The van der Waals surface area contributed by atoms with Gasteiger partial charge in [0.1, 0.15) is 15.7 Å². The highest BCUT2D eigenvalue weighted by atomic mass is 32.2. The number of anilines is 1. The van der Waals surface area contributed by atoms with Gasteiger partial charge >= 0.3 is 0 Å². The summed E-state index contributed by atoms with van der Waals surface area (Å²) in [6.45, 7) is 2.36. The fourth-order valence-corrected chi connectivity index (χ4v) is 4.88. The van der Waals surface area contributed by atoms with E-state index in [-0.39, 0.29) is 5.91 Å². The molecule has 1 N–H and O–H groups in total. The first-order valence-electron chi connectivity index (χ1n) is 9.47. The van der Waals surface area contributed by atoms with Crippen LogP contribution in [0.3, 0.4) is 0 Å². The number of fused-ring (bicyclic) bond motifs is 1. The van der Waals surface area contributed by atoms with E-state index in [0.717, 1.165) is 32.4 Å². The normalized spacial score (nSPS) is 11.0. The molecule has 0 aliphatic rings. The van der Waals surface area contributed by atoms with Gasteiger partial charge in [-0.1, -0.05) is 36.0 Å². The van der Waals surface area contributed by atoms with Crippen LogP contribution in [0.4, 0.5) is 5.82 Å². The molecule has 4 aromatic rings. The molecule has 0 saturated carbocycles. The molecule has 154 valence electrons. The van der Waals surface area contributed by atoms with E-state index in [1.54, 1.807) is 29.3 Å². The molecule has 0 aliphatic heterocycles. The number of aryl methyl sites for hydroxylation is 1. The van der Waals surface area contributed by atoms with Crippen molar-refractivity contribution < 1.29 is 9.21 Å². The molecule has 3 aromatic heterocycles. The molecule has 0 spiro atoms. The average molecular weight is 439 g/mol. The maximum absolute atomic E-state index is 12.9. The molecular weight excluding hydrogens is 416 g/mol. The first kappa shape index (κ1) is 20.4. The highest BCUT2D eigenvalue weighted by molar-refractivity contribution is 8.00. The third-order valence-electron chi connectivity index (χ3n) is 4.56. The van der Waals surface area contributed by atoms with Crippen LogP contribution in [-0.2, 0) is 12.3 Å². The second kappa shape index (κ2) is 8.89. The Morgan fingerprint density at radius 2 is 2.07 bits per heavy atom. The summed E-state index contributed by atoms with van der Waals surface area (Å²) in [7, 11) is 3.88. The van der Waals surface area contributed by atoms with E-state index in [2.05, 4.69) is 15.3 Å². The SMILES string of the molecule is Cc1csc(SCc2c(C(=O)NCc3ccc(N(C)C)nc3)oc3ccccc23)n1. The number of thioether (sulfide) groups is 1. The molecule has 30 heavy (non-hydrogen) atoms. The number of furan rings is 1. The first-order valence-corrected chi connectivity index (χ1v) is 11.3. The summed E-state index contributed by atoms with van der Waals surface area (Å²) in [5.41, 5.74) is 3.54. The number of para-hydroxylation sites is 1. The van der Waals surface area contributed by atoms with Gasteiger partial charge in [-0.2, -0.15) is 0 Å². The van der Waals surface area contributed by atoms with E-state index < -0.39 is 0 Å². The number of nitrogens with one attached hydrogen (secondary N) is 1. The molecule has 0 radical (unpaired) electrons. The zero-order valence-electron chi connectivity index (χ0n) is 17.0. The van der Waals surface area contributed by atoms with E-state index in [1.807, 2.05) is 67.7 Å². The fourth-order valence-electron chi connectivity index (χ4n) is 3.01. The minimum atomic E-state index is -0.228. The Labute approximate surface area is 183 Å². The molecular formula is C22H22N4O2S2. The van der Waals surface area contributed by atoms with Crippen molar-refractivity contribution in [3.8, 4) is 0 Å².